The van der Waals surface area contributed by atoms with Crippen molar-refractivity contribution in [2.24, 2.45) is 11.5 Å². The van der Waals surface area contributed by atoms with E-state index in [1.54, 1.807) is 0 Å². The molecule has 1 aliphatic rings. The van der Waals surface area contributed by atoms with Crippen LogP contribution in [-0.4, -0.2) is 24.0 Å². The topological polar surface area (TPSA) is 103 Å². The fraction of sp³-hybridized carbons (Fsp3) is 0.800. The van der Waals surface area contributed by atoms with Crippen LogP contribution in [0, 0.1) is 22.9 Å². The Morgan fingerprint density at radius 2 is 1.53 bits per heavy atom. The van der Waals surface area contributed by atoms with Crippen LogP contribution < -0.4 is 11.5 Å². The first-order valence-electron chi connectivity index (χ1n) is 5.11. The molecule has 5 nitrogen and oxygen atoms in total. The summed E-state index contributed by atoms with van der Waals surface area (Å²) in [6.07, 6.45) is 6.65. The molecule has 0 aromatic rings. The molecule has 1 atom stereocenters. The van der Waals surface area contributed by atoms with Gasteiger partial charge in [-0.3, -0.25) is 0 Å². The van der Waals surface area contributed by atoms with E-state index in [4.69, 9.17) is 10.5 Å². The Kier molecular flexibility index (Phi) is 13.4. The van der Waals surface area contributed by atoms with Crippen molar-refractivity contribution in [2.45, 2.75) is 39.2 Å². The molecule has 0 aromatic heterocycles. The smallest absolute Gasteiger partial charge is 0.173 e. The van der Waals surface area contributed by atoms with Crippen molar-refractivity contribution in [1.29, 1.82) is 10.5 Å². The highest BCUT2D eigenvalue weighted by Crippen LogP contribution is 2.12. The molecule has 1 saturated heterocycles. The third-order valence-electron chi connectivity index (χ3n) is 2.35. The Hall–Kier alpha value is -1.46. The van der Waals surface area contributed by atoms with Crippen molar-refractivity contribution in [3.63, 3.8) is 0 Å². The zero-order chi connectivity index (χ0) is 12.1. The maximum atomic E-state index is 7.10. The van der Waals surface area contributed by atoms with Gasteiger partial charge in [-0.15, -0.1) is 0 Å². The molecule has 5 heteroatoms. The van der Waals surface area contributed by atoms with Gasteiger partial charge in [0, 0.05) is 6.04 Å². The first-order chi connectivity index (χ1) is 7.17. The van der Waals surface area contributed by atoms with Gasteiger partial charge in [-0.25, -0.2) is 0 Å². The lowest BCUT2D eigenvalue weighted by molar-refractivity contribution is 0.253. The number of nitrogens with two attached hydrogens (primary N) is 2. The van der Waals surface area contributed by atoms with E-state index < -0.39 is 0 Å². The maximum Gasteiger partial charge on any atom is 0.173 e. The van der Waals surface area contributed by atoms with E-state index in [0.29, 0.717) is 0 Å². The van der Waals surface area contributed by atoms with Crippen molar-refractivity contribution in [2.75, 3.05) is 13.1 Å². The number of nitriles is 2. The van der Waals surface area contributed by atoms with E-state index in [1.807, 2.05) is 0 Å². The van der Waals surface area contributed by atoms with E-state index in [0.717, 1.165) is 6.04 Å². The molecule has 1 aliphatic heterocycles. The predicted molar refractivity (Wildman–Crippen MR) is 60.2 cm³/mol. The van der Waals surface area contributed by atoms with Gasteiger partial charge in [0.1, 0.15) is 0 Å². The van der Waals surface area contributed by atoms with Crippen LogP contribution in [0.15, 0.2) is 0 Å². The minimum absolute atomic E-state index is 0.826. The van der Waals surface area contributed by atoms with Gasteiger partial charge >= 0.3 is 0 Å². The second kappa shape index (κ2) is 12.5. The maximum absolute atomic E-state index is 7.10. The fourth-order valence-electron chi connectivity index (χ4n) is 1.44. The average molecular weight is 211 g/mol. The van der Waals surface area contributed by atoms with Crippen LogP contribution in [0.25, 0.3) is 0 Å². The standard InChI is InChI=1S/C8H17N.2CH2N2/c1-3-8(2)9-6-4-5-7-9;2*2-1-3/h8H,3-7H2,1-2H3;2*2H2. The predicted octanol–water partition coefficient (Wildman–Crippen LogP) is 0.733. The van der Waals surface area contributed by atoms with Crippen molar-refractivity contribution in [1.82, 2.24) is 4.90 Å². The lowest BCUT2D eigenvalue weighted by atomic mass is 10.2. The average Bonchev–Trinajstić information content (AvgIpc) is 2.72. The quantitative estimate of drug-likeness (QED) is 0.518. The molecule has 0 radical (unpaired) electrons. The Balaban J connectivity index is 0. The van der Waals surface area contributed by atoms with E-state index in [1.165, 1.54) is 44.7 Å². The van der Waals surface area contributed by atoms with Crippen LogP contribution >= 0.6 is 0 Å². The molecular formula is C10H21N5. The first-order valence-corrected chi connectivity index (χ1v) is 5.11. The number of likely N-dealkylation sites (tertiary alicyclic amines) is 1. The molecule has 1 rings (SSSR count). The number of hydrogen-bond donors (Lipinski definition) is 2. The Morgan fingerprint density at radius 3 is 1.80 bits per heavy atom. The highest BCUT2D eigenvalue weighted by molar-refractivity contribution is 4.71. The summed E-state index contributed by atoms with van der Waals surface area (Å²) in [4.78, 5) is 2.58. The summed E-state index contributed by atoms with van der Waals surface area (Å²) < 4.78 is 0. The van der Waals surface area contributed by atoms with Crippen LogP contribution in [-0.2, 0) is 0 Å². The zero-order valence-electron chi connectivity index (χ0n) is 9.61. The van der Waals surface area contributed by atoms with E-state index in [9.17, 15) is 0 Å². The largest absolute Gasteiger partial charge is 0.337 e. The van der Waals surface area contributed by atoms with Gasteiger partial charge in [-0.05, 0) is 39.3 Å². The number of nitrogens with zero attached hydrogens (tertiary/aromatic N) is 3. The van der Waals surface area contributed by atoms with Gasteiger partial charge < -0.3 is 16.4 Å². The van der Waals surface area contributed by atoms with Crippen LogP contribution in [0.5, 0.6) is 0 Å². The first kappa shape index (κ1) is 16.0. The van der Waals surface area contributed by atoms with E-state index >= 15 is 0 Å². The summed E-state index contributed by atoms with van der Waals surface area (Å²) in [5.41, 5.74) is 8.31. The molecule has 86 valence electrons. The fourth-order valence-corrected chi connectivity index (χ4v) is 1.44. The summed E-state index contributed by atoms with van der Waals surface area (Å²) in [6.45, 7) is 7.28. The summed E-state index contributed by atoms with van der Waals surface area (Å²) in [7, 11) is 0. The Labute approximate surface area is 92.3 Å². The SMILES string of the molecule is CCC(C)N1CCCC1.N#CN.N#CN. The number of rotatable bonds is 2. The van der Waals surface area contributed by atoms with E-state index in [-0.39, 0.29) is 0 Å². The van der Waals surface area contributed by atoms with Gasteiger partial charge in [0.05, 0.1) is 0 Å². The third-order valence-corrected chi connectivity index (χ3v) is 2.35. The second-order valence-corrected chi connectivity index (χ2v) is 3.26. The molecule has 0 amide bonds. The summed E-state index contributed by atoms with van der Waals surface area (Å²) in [5, 5.41) is 14.2. The zero-order valence-corrected chi connectivity index (χ0v) is 9.61. The lowest BCUT2D eigenvalue weighted by Gasteiger charge is -2.21. The molecule has 15 heavy (non-hydrogen) atoms. The highest BCUT2D eigenvalue weighted by Gasteiger charge is 2.15. The normalized spacial score (nSPS) is 15.7. The highest BCUT2D eigenvalue weighted by atomic mass is 15.2. The molecule has 0 aromatic carbocycles. The molecule has 1 unspecified atom stereocenters. The van der Waals surface area contributed by atoms with Crippen LogP contribution in [0.4, 0.5) is 0 Å². The minimum Gasteiger partial charge on any atom is -0.337 e. The van der Waals surface area contributed by atoms with Gasteiger partial charge in [0.2, 0.25) is 0 Å². The molecule has 4 N–H and O–H groups in total. The van der Waals surface area contributed by atoms with Crippen molar-refractivity contribution < 1.29 is 0 Å². The van der Waals surface area contributed by atoms with E-state index in [2.05, 4.69) is 30.2 Å². The molecule has 0 spiro atoms. The molecule has 0 bridgehead atoms. The van der Waals surface area contributed by atoms with Gasteiger partial charge in [-0.1, -0.05) is 6.92 Å². The summed E-state index contributed by atoms with van der Waals surface area (Å²) in [6, 6.07) is 0.826. The van der Waals surface area contributed by atoms with Crippen molar-refractivity contribution in [3.05, 3.63) is 0 Å². The second-order valence-electron chi connectivity index (χ2n) is 3.26. The Bertz CT molecular complexity index is 185. The lowest BCUT2D eigenvalue weighted by Crippen LogP contribution is -2.29. The summed E-state index contributed by atoms with van der Waals surface area (Å²) >= 11 is 0. The molecule has 1 fully saturated rings. The molecular weight excluding hydrogens is 190 g/mol. The van der Waals surface area contributed by atoms with Gasteiger partial charge in [0.15, 0.2) is 12.4 Å². The minimum atomic E-state index is 0.826. The van der Waals surface area contributed by atoms with Gasteiger partial charge in [-0.2, -0.15) is 10.5 Å². The van der Waals surface area contributed by atoms with Crippen molar-refractivity contribution >= 4 is 0 Å². The third kappa shape index (κ3) is 10.5. The van der Waals surface area contributed by atoms with Crippen LogP contribution in [0.3, 0.4) is 0 Å². The monoisotopic (exact) mass is 211 g/mol. The number of hydrogen-bond acceptors (Lipinski definition) is 5. The molecule has 0 saturated carbocycles. The molecule has 1 heterocycles. The van der Waals surface area contributed by atoms with Gasteiger partial charge in [0.25, 0.3) is 0 Å². The van der Waals surface area contributed by atoms with Crippen molar-refractivity contribution in [3.8, 4) is 12.4 Å². The Morgan fingerprint density at radius 1 is 1.20 bits per heavy atom. The van der Waals surface area contributed by atoms with Crippen LogP contribution in [0.2, 0.25) is 0 Å². The van der Waals surface area contributed by atoms with Crippen LogP contribution in [0.1, 0.15) is 33.1 Å². The molecule has 0 aliphatic carbocycles. The summed E-state index contributed by atoms with van der Waals surface area (Å²) in [5.74, 6) is 0.